The van der Waals surface area contributed by atoms with Crippen LogP contribution >= 0.6 is 15.9 Å². The van der Waals surface area contributed by atoms with Crippen LogP contribution in [0.2, 0.25) is 0 Å². The Hall–Kier alpha value is -1.05. The summed E-state index contributed by atoms with van der Waals surface area (Å²) in [5.41, 5.74) is 0. The predicted molar refractivity (Wildman–Crippen MR) is 55.4 cm³/mol. The summed E-state index contributed by atoms with van der Waals surface area (Å²) in [6.07, 6.45) is -3.06. The van der Waals surface area contributed by atoms with Gasteiger partial charge >= 0.3 is 6.18 Å². The first-order valence-electron chi connectivity index (χ1n) is 4.38. The van der Waals surface area contributed by atoms with Gasteiger partial charge in [-0.3, -0.25) is 0 Å². The van der Waals surface area contributed by atoms with Gasteiger partial charge in [0.1, 0.15) is 0 Å². The summed E-state index contributed by atoms with van der Waals surface area (Å²) in [6, 6.07) is 0. The lowest BCUT2D eigenvalue weighted by atomic mass is 10.6. The molecular formula is C8H9BrF3N3O. The van der Waals surface area contributed by atoms with Gasteiger partial charge in [-0.25, -0.2) is 4.98 Å². The summed E-state index contributed by atoms with van der Waals surface area (Å²) >= 11 is 3.00. The molecule has 1 heterocycles. The van der Waals surface area contributed by atoms with Crippen molar-refractivity contribution < 1.29 is 17.9 Å². The Morgan fingerprint density at radius 3 is 2.75 bits per heavy atom. The number of anilines is 1. The average Bonchev–Trinajstić information content (AvgIpc) is 2.18. The first-order valence-corrected chi connectivity index (χ1v) is 5.17. The lowest BCUT2D eigenvalue weighted by molar-refractivity contribution is -0.154. The van der Waals surface area contributed by atoms with E-state index >= 15 is 0 Å². The molecule has 0 aliphatic carbocycles. The molecule has 0 saturated heterocycles. The van der Waals surface area contributed by atoms with Crippen molar-refractivity contribution in [2.75, 3.05) is 18.5 Å². The second-order valence-electron chi connectivity index (χ2n) is 2.78. The minimum atomic E-state index is -4.39. The second kappa shape index (κ2) is 5.33. The fraction of sp³-hybridized carbons (Fsp3) is 0.500. The van der Waals surface area contributed by atoms with Gasteiger partial charge in [0, 0.05) is 6.54 Å². The van der Waals surface area contributed by atoms with Crippen molar-refractivity contribution >= 4 is 21.9 Å². The number of halogens is 4. The Kier molecular flexibility index (Phi) is 4.34. The number of alkyl halides is 3. The molecule has 90 valence electrons. The Balaban J connectivity index is 2.74. The number of aromatic nitrogens is 2. The molecule has 0 aliphatic heterocycles. The van der Waals surface area contributed by atoms with Crippen LogP contribution in [0.4, 0.5) is 19.1 Å². The number of hydrogen-bond acceptors (Lipinski definition) is 4. The number of ether oxygens (including phenoxy) is 1. The quantitative estimate of drug-likeness (QED) is 0.928. The Morgan fingerprint density at radius 2 is 2.19 bits per heavy atom. The molecule has 0 saturated carbocycles. The fourth-order valence-corrected chi connectivity index (χ4v) is 1.15. The van der Waals surface area contributed by atoms with E-state index in [-0.39, 0.29) is 16.3 Å². The topological polar surface area (TPSA) is 47.0 Å². The number of rotatable bonds is 4. The molecule has 0 bridgehead atoms. The highest BCUT2D eigenvalue weighted by molar-refractivity contribution is 9.10. The van der Waals surface area contributed by atoms with E-state index in [4.69, 9.17) is 0 Å². The summed E-state index contributed by atoms with van der Waals surface area (Å²) in [7, 11) is 0. The summed E-state index contributed by atoms with van der Waals surface area (Å²) in [6.45, 7) is 1.01. The highest BCUT2D eigenvalue weighted by Crippen LogP contribution is 2.24. The van der Waals surface area contributed by atoms with E-state index in [1.54, 1.807) is 0 Å². The van der Waals surface area contributed by atoms with Crippen LogP contribution in [0.25, 0.3) is 0 Å². The molecule has 4 nitrogen and oxygen atoms in total. The van der Waals surface area contributed by atoms with Crippen molar-refractivity contribution in [3.05, 3.63) is 10.7 Å². The van der Waals surface area contributed by atoms with Crippen LogP contribution in [0, 0.1) is 0 Å². The third-order valence-electron chi connectivity index (χ3n) is 1.42. The zero-order valence-electron chi connectivity index (χ0n) is 8.31. The average molecular weight is 300 g/mol. The molecule has 0 fully saturated rings. The third-order valence-corrected chi connectivity index (χ3v) is 1.96. The van der Waals surface area contributed by atoms with Gasteiger partial charge in [0.2, 0.25) is 11.8 Å². The van der Waals surface area contributed by atoms with Gasteiger partial charge in [0.05, 0.1) is 10.7 Å². The molecule has 1 aromatic heterocycles. The molecule has 1 rings (SSSR count). The van der Waals surface area contributed by atoms with Crippen molar-refractivity contribution in [2.24, 2.45) is 0 Å². The molecule has 8 heteroatoms. The molecule has 0 atom stereocenters. The van der Waals surface area contributed by atoms with E-state index < -0.39 is 12.8 Å². The lowest BCUT2D eigenvalue weighted by Crippen LogP contribution is -2.20. The van der Waals surface area contributed by atoms with E-state index in [1.165, 1.54) is 6.20 Å². The minimum Gasteiger partial charge on any atom is -0.467 e. The van der Waals surface area contributed by atoms with Gasteiger partial charge in [0.15, 0.2) is 6.61 Å². The predicted octanol–water partition coefficient (Wildman–Crippen LogP) is 2.61. The van der Waals surface area contributed by atoms with Crippen LogP contribution in [-0.2, 0) is 0 Å². The van der Waals surface area contributed by atoms with Crippen LogP contribution in [0.5, 0.6) is 5.88 Å². The van der Waals surface area contributed by atoms with Crippen molar-refractivity contribution in [2.45, 2.75) is 13.1 Å². The Morgan fingerprint density at radius 1 is 1.50 bits per heavy atom. The molecule has 0 spiro atoms. The maximum atomic E-state index is 11.9. The first-order chi connectivity index (χ1) is 7.42. The number of nitrogens with one attached hydrogen (secondary N) is 1. The summed E-state index contributed by atoms with van der Waals surface area (Å²) in [5, 5.41) is 2.77. The van der Waals surface area contributed by atoms with Gasteiger partial charge < -0.3 is 10.1 Å². The largest absolute Gasteiger partial charge is 0.467 e. The van der Waals surface area contributed by atoms with Gasteiger partial charge in [-0.15, -0.1) is 0 Å². The fourth-order valence-electron chi connectivity index (χ4n) is 0.846. The highest BCUT2D eigenvalue weighted by Gasteiger charge is 2.29. The third kappa shape index (κ3) is 4.21. The van der Waals surface area contributed by atoms with Crippen molar-refractivity contribution in [1.82, 2.24) is 9.97 Å². The van der Waals surface area contributed by atoms with E-state index in [0.717, 1.165) is 0 Å². The molecule has 0 aliphatic rings. The zero-order valence-corrected chi connectivity index (χ0v) is 9.89. The van der Waals surface area contributed by atoms with E-state index in [9.17, 15) is 13.2 Å². The first kappa shape index (κ1) is 13.0. The van der Waals surface area contributed by atoms with Gasteiger partial charge in [0.25, 0.3) is 0 Å². The SMILES string of the molecule is CCNc1ncc(Br)c(OCC(F)(F)F)n1. The molecule has 1 N–H and O–H groups in total. The normalized spacial score (nSPS) is 11.3. The summed E-state index contributed by atoms with van der Waals surface area (Å²) < 4.78 is 40.6. The van der Waals surface area contributed by atoms with Crippen LogP contribution in [-0.4, -0.2) is 29.3 Å². The standard InChI is InChI=1S/C8H9BrF3N3O/c1-2-13-7-14-3-5(9)6(15-7)16-4-8(10,11)12/h3H,2,4H2,1H3,(H,13,14,15). The van der Waals surface area contributed by atoms with Crippen molar-refractivity contribution in [3.8, 4) is 5.88 Å². The molecular weight excluding hydrogens is 291 g/mol. The van der Waals surface area contributed by atoms with Gasteiger partial charge in [-0.05, 0) is 22.9 Å². The Bertz CT molecular complexity index is 359. The van der Waals surface area contributed by atoms with Crippen LogP contribution in [0.3, 0.4) is 0 Å². The number of hydrogen-bond donors (Lipinski definition) is 1. The molecule has 0 radical (unpaired) electrons. The van der Waals surface area contributed by atoms with E-state index in [2.05, 4.69) is 36.0 Å². The van der Waals surface area contributed by atoms with Gasteiger partial charge in [-0.2, -0.15) is 18.2 Å². The van der Waals surface area contributed by atoms with Crippen molar-refractivity contribution in [3.63, 3.8) is 0 Å². The minimum absolute atomic E-state index is 0.136. The highest BCUT2D eigenvalue weighted by atomic mass is 79.9. The molecule has 0 aromatic carbocycles. The van der Waals surface area contributed by atoms with Crippen molar-refractivity contribution in [1.29, 1.82) is 0 Å². The molecule has 16 heavy (non-hydrogen) atoms. The smallest absolute Gasteiger partial charge is 0.422 e. The maximum Gasteiger partial charge on any atom is 0.422 e. The molecule has 1 aromatic rings. The summed E-state index contributed by atoms with van der Waals surface area (Å²) in [5.74, 6) is 0.0890. The van der Waals surface area contributed by atoms with Crippen LogP contribution in [0.15, 0.2) is 10.7 Å². The maximum absolute atomic E-state index is 11.9. The van der Waals surface area contributed by atoms with E-state index in [1.807, 2.05) is 6.92 Å². The summed E-state index contributed by atoms with van der Waals surface area (Å²) in [4.78, 5) is 7.62. The van der Waals surface area contributed by atoms with E-state index in [0.29, 0.717) is 6.54 Å². The Labute approximate surface area is 98.4 Å². The number of nitrogens with zero attached hydrogens (tertiary/aromatic N) is 2. The molecule has 0 unspecified atom stereocenters. The second-order valence-corrected chi connectivity index (χ2v) is 3.64. The zero-order chi connectivity index (χ0) is 12.2. The lowest BCUT2D eigenvalue weighted by Gasteiger charge is -2.10. The van der Waals surface area contributed by atoms with Crippen LogP contribution in [0.1, 0.15) is 6.92 Å². The van der Waals surface area contributed by atoms with Crippen LogP contribution < -0.4 is 10.1 Å². The van der Waals surface area contributed by atoms with Gasteiger partial charge in [-0.1, -0.05) is 0 Å². The molecule has 0 amide bonds. The monoisotopic (exact) mass is 299 g/mol.